The number of nitrogens with one attached hydrogen (secondary N) is 1. The molecule has 2 rings (SSSR count). The summed E-state index contributed by atoms with van der Waals surface area (Å²) in [6, 6.07) is 11.4. The van der Waals surface area contributed by atoms with Crippen molar-refractivity contribution in [3.05, 3.63) is 48.0 Å². The summed E-state index contributed by atoms with van der Waals surface area (Å²) in [4.78, 5) is 0.125. The van der Waals surface area contributed by atoms with Gasteiger partial charge < -0.3 is 10.1 Å². The Morgan fingerprint density at radius 2 is 1.83 bits per heavy atom. The Bertz CT molecular complexity index is 648. The molecule has 0 spiro atoms. The quantitative estimate of drug-likeness (QED) is 0.412. The van der Waals surface area contributed by atoms with Gasteiger partial charge in [0, 0.05) is 10.6 Å². The van der Waals surface area contributed by atoms with Crippen LogP contribution in [0.25, 0.3) is 0 Å². The van der Waals surface area contributed by atoms with Crippen molar-refractivity contribution in [2.24, 2.45) is 5.14 Å². The summed E-state index contributed by atoms with van der Waals surface area (Å²) in [6.45, 7) is 1.89. The maximum atomic E-state index is 12.3. The van der Waals surface area contributed by atoms with Gasteiger partial charge in [-0.2, -0.15) is 13.2 Å². The molecule has 0 saturated heterocycles. The molecule has 23 heavy (non-hydrogen) atoms. The fraction of sp³-hybridized carbons (Fsp3) is 0.200. The van der Waals surface area contributed by atoms with Gasteiger partial charge in [0.1, 0.15) is 11.5 Å². The van der Waals surface area contributed by atoms with E-state index in [0.29, 0.717) is 17.4 Å². The van der Waals surface area contributed by atoms with Crippen LogP contribution in [0.15, 0.2) is 47.4 Å². The Kier molecular flexibility index (Phi) is 6.09. The Morgan fingerprint density at radius 3 is 2.39 bits per heavy atom. The molecule has 2 aromatic rings. The van der Waals surface area contributed by atoms with Gasteiger partial charge in [-0.15, -0.1) is 0 Å². The molecule has 0 atom stereocenters. The summed E-state index contributed by atoms with van der Waals surface area (Å²) in [5, 5.41) is 8.48. The number of ether oxygens (including phenoxy) is 1. The first-order valence-corrected chi connectivity index (χ1v) is 8.44. The molecule has 124 valence electrons. The summed E-state index contributed by atoms with van der Waals surface area (Å²) in [6.07, 6.45) is 0. The van der Waals surface area contributed by atoms with E-state index in [-0.39, 0.29) is 16.7 Å². The molecule has 3 N–H and O–H groups in total. The largest absolute Gasteiger partial charge is 0.457 e. The molecule has 0 radical (unpaired) electrons. The second-order valence-electron chi connectivity index (χ2n) is 4.59. The van der Waals surface area contributed by atoms with Crippen LogP contribution in [0.4, 0.5) is 18.9 Å². The highest BCUT2D eigenvalue weighted by molar-refractivity contribution is 8.00. The molecule has 8 heteroatoms. The van der Waals surface area contributed by atoms with E-state index in [9.17, 15) is 13.2 Å². The standard InChI is InChI=1S/C15H15F3N2OS2/c1-10-8-11(20-9-22-19)2-7-14(10)21-12-3-5-13(6-4-12)23-15(16,17)18/h2-8,20H,9,19H2,1H3. The van der Waals surface area contributed by atoms with Gasteiger partial charge in [-0.3, -0.25) is 5.14 Å². The van der Waals surface area contributed by atoms with Gasteiger partial charge in [-0.25, -0.2) is 0 Å². The molecular formula is C15H15F3N2OS2. The molecule has 0 aliphatic heterocycles. The topological polar surface area (TPSA) is 47.3 Å². The fourth-order valence-electron chi connectivity index (χ4n) is 1.84. The van der Waals surface area contributed by atoms with Crippen LogP contribution in [0.3, 0.4) is 0 Å². The zero-order valence-electron chi connectivity index (χ0n) is 12.2. The first kappa shape index (κ1) is 17.8. The molecule has 0 aliphatic carbocycles. The highest BCUT2D eigenvalue weighted by Crippen LogP contribution is 2.37. The van der Waals surface area contributed by atoms with Crippen LogP contribution in [0.5, 0.6) is 11.5 Å². The van der Waals surface area contributed by atoms with Crippen molar-refractivity contribution in [1.82, 2.24) is 0 Å². The molecule has 0 amide bonds. The van der Waals surface area contributed by atoms with E-state index in [1.54, 1.807) is 6.07 Å². The van der Waals surface area contributed by atoms with Crippen molar-refractivity contribution in [3.8, 4) is 11.5 Å². The first-order valence-electron chi connectivity index (χ1n) is 6.57. The van der Waals surface area contributed by atoms with Gasteiger partial charge in [0.2, 0.25) is 0 Å². The summed E-state index contributed by atoms with van der Waals surface area (Å²) in [5.74, 6) is 1.72. The third-order valence-corrected chi connectivity index (χ3v) is 3.87. The number of nitrogens with two attached hydrogens (primary N) is 1. The predicted molar refractivity (Wildman–Crippen MR) is 89.9 cm³/mol. The van der Waals surface area contributed by atoms with Gasteiger partial charge in [0.15, 0.2) is 0 Å². The van der Waals surface area contributed by atoms with Crippen molar-refractivity contribution in [2.75, 3.05) is 11.2 Å². The average molecular weight is 360 g/mol. The normalized spacial score (nSPS) is 11.3. The number of rotatable bonds is 6. The maximum absolute atomic E-state index is 12.3. The maximum Gasteiger partial charge on any atom is 0.446 e. The molecule has 2 aromatic carbocycles. The van der Waals surface area contributed by atoms with Crippen LogP contribution in [-0.4, -0.2) is 11.4 Å². The van der Waals surface area contributed by atoms with Crippen molar-refractivity contribution < 1.29 is 17.9 Å². The summed E-state index contributed by atoms with van der Waals surface area (Å²) in [7, 11) is 0. The van der Waals surface area contributed by atoms with E-state index >= 15 is 0 Å². The van der Waals surface area contributed by atoms with E-state index in [4.69, 9.17) is 9.88 Å². The smallest absolute Gasteiger partial charge is 0.446 e. The van der Waals surface area contributed by atoms with Crippen LogP contribution in [0.1, 0.15) is 5.56 Å². The van der Waals surface area contributed by atoms with E-state index in [0.717, 1.165) is 11.3 Å². The number of benzene rings is 2. The molecule has 0 aliphatic rings. The van der Waals surface area contributed by atoms with E-state index in [1.807, 2.05) is 19.1 Å². The summed E-state index contributed by atoms with van der Waals surface area (Å²) in [5.41, 5.74) is -2.46. The number of aryl methyl sites for hydroxylation is 1. The third-order valence-electron chi connectivity index (χ3n) is 2.82. The minimum Gasteiger partial charge on any atom is -0.457 e. The van der Waals surface area contributed by atoms with E-state index in [2.05, 4.69) is 5.32 Å². The van der Waals surface area contributed by atoms with E-state index < -0.39 is 5.51 Å². The SMILES string of the molecule is Cc1cc(NCSN)ccc1Oc1ccc(SC(F)(F)F)cc1. The highest BCUT2D eigenvalue weighted by atomic mass is 32.2. The van der Waals surface area contributed by atoms with Gasteiger partial charge in [0.25, 0.3) is 0 Å². The molecular weight excluding hydrogens is 345 g/mol. The molecule has 0 bridgehead atoms. The number of thioether (sulfide) groups is 1. The number of hydrogen-bond donors (Lipinski definition) is 2. The lowest BCUT2D eigenvalue weighted by molar-refractivity contribution is -0.0328. The van der Waals surface area contributed by atoms with Crippen LogP contribution in [-0.2, 0) is 0 Å². The van der Waals surface area contributed by atoms with Crippen molar-refractivity contribution in [1.29, 1.82) is 0 Å². The molecule has 0 aromatic heterocycles. The van der Waals surface area contributed by atoms with Crippen molar-refractivity contribution >= 4 is 29.4 Å². The molecule has 3 nitrogen and oxygen atoms in total. The number of halogens is 3. The zero-order chi connectivity index (χ0) is 16.9. The lowest BCUT2D eigenvalue weighted by Gasteiger charge is -2.12. The Morgan fingerprint density at radius 1 is 1.13 bits per heavy atom. The van der Waals surface area contributed by atoms with Crippen LogP contribution in [0.2, 0.25) is 0 Å². The first-order chi connectivity index (χ1) is 10.9. The second kappa shape index (κ2) is 7.85. The van der Waals surface area contributed by atoms with Gasteiger partial charge in [0.05, 0.1) is 5.88 Å². The van der Waals surface area contributed by atoms with Gasteiger partial charge in [-0.05, 0) is 66.7 Å². The Labute approximate surface area is 140 Å². The van der Waals surface area contributed by atoms with Crippen molar-refractivity contribution in [2.45, 2.75) is 17.3 Å². The average Bonchev–Trinajstić information content (AvgIpc) is 2.48. The summed E-state index contributed by atoms with van der Waals surface area (Å²) >= 11 is 1.04. The monoisotopic (exact) mass is 360 g/mol. The van der Waals surface area contributed by atoms with Crippen LogP contribution in [0, 0.1) is 6.92 Å². The van der Waals surface area contributed by atoms with Crippen LogP contribution >= 0.6 is 23.7 Å². The number of anilines is 1. The third kappa shape index (κ3) is 5.89. The number of alkyl halides is 3. The van der Waals surface area contributed by atoms with Gasteiger partial charge in [-0.1, -0.05) is 11.9 Å². The molecule has 0 heterocycles. The molecule has 0 unspecified atom stereocenters. The van der Waals surface area contributed by atoms with Gasteiger partial charge >= 0.3 is 5.51 Å². The molecule has 0 fully saturated rings. The number of hydrogen-bond acceptors (Lipinski definition) is 5. The highest BCUT2D eigenvalue weighted by Gasteiger charge is 2.29. The second-order valence-corrected chi connectivity index (χ2v) is 6.35. The van der Waals surface area contributed by atoms with Crippen molar-refractivity contribution in [3.63, 3.8) is 0 Å². The Hall–Kier alpha value is -1.51. The van der Waals surface area contributed by atoms with E-state index in [1.165, 1.54) is 36.2 Å². The summed E-state index contributed by atoms with van der Waals surface area (Å²) < 4.78 is 42.6. The fourth-order valence-corrected chi connectivity index (χ4v) is 2.62. The van der Waals surface area contributed by atoms with Crippen LogP contribution < -0.4 is 15.2 Å². The Balaban J connectivity index is 2.04. The minimum atomic E-state index is -4.29. The zero-order valence-corrected chi connectivity index (χ0v) is 13.8. The lowest BCUT2D eigenvalue weighted by Crippen LogP contribution is -2.00. The molecule has 0 saturated carbocycles. The minimum absolute atomic E-state index is 0.125. The lowest BCUT2D eigenvalue weighted by atomic mass is 10.2. The predicted octanol–water partition coefficient (Wildman–Crippen LogP) is 5.38.